The van der Waals surface area contributed by atoms with Crippen LogP contribution in [0.4, 0.5) is 0 Å². The molecule has 0 aliphatic rings. The Bertz CT molecular complexity index is 611. The van der Waals surface area contributed by atoms with Crippen molar-refractivity contribution < 1.29 is 4.74 Å². The van der Waals surface area contributed by atoms with Gasteiger partial charge in [0.05, 0.1) is 13.7 Å². The van der Waals surface area contributed by atoms with Crippen molar-refractivity contribution in [3.8, 4) is 5.88 Å². The number of benzene rings is 1. The van der Waals surface area contributed by atoms with Crippen LogP contribution < -0.4 is 10.1 Å². The molecule has 0 saturated heterocycles. The van der Waals surface area contributed by atoms with Gasteiger partial charge in [0.1, 0.15) is 0 Å². The molecule has 2 aromatic rings. The van der Waals surface area contributed by atoms with Crippen molar-refractivity contribution in [3.05, 3.63) is 59.8 Å². The van der Waals surface area contributed by atoms with Crippen molar-refractivity contribution in [2.24, 2.45) is 4.99 Å². The second-order valence-electron chi connectivity index (χ2n) is 5.08. The van der Waals surface area contributed by atoms with Gasteiger partial charge in [0.2, 0.25) is 5.88 Å². The minimum atomic E-state index is 0.578. The van der Waals surface area contributed by atoms with Crippen molar-refractivity contribution in [3.63, 3.8) is 0 Å². The Morgan fingerprint density at radius 1 is 1.18 bits per heavy atom. The number of nitrogens with one attached hydrogen (secondary N) is 1. The molecule has 0 spiro atoms. The normalized spacial score (nSPS) is 11.1. The first kappa shape index (κ1) is 15.8. The Kier molecular flexibility index (Phi) is 5.77. The third kappa shape index (κ3) is 4.77. The first-order chi connectivity index (χ1) is 10.7. The zero-order valence-corrected chi connectivity index (χ0v) is 13.3. The average molecular weight is 298 g/mol. The van der Waals surface area contributed by atoms with Gasteiger partial charge in [-0.3, -0.25) is 0 Å². The largest absolute Gasteiger partial charge is 0.481 e. The van der Waals surface area contributed by atoms with Gasteiger partial charge >= 0.3 is 0 Å². The number of pyridine rings is 1. The fourth-order valence-corrected chi connectivity index (χ4v) is 1.96. The summed E-state index contributed by atoms with van der Waals surface area (Å²) in [6.45, 7) is 1.33. The molecule has 0 amide bonds. The van der Waals surface area contributed by atoms with Gasteiger partial charge in [-0.1, -0.05) is 30.3 Å². The first-order valence-electron chi connectivity index (χ1n) is 7.17. The van der Waals surface area contributed by atoms with Crippen LogP contribution in [0.5, 0.6) is 5.88 Å². The number of guanidine groups is 1. The topological polar surface area (TPSA) is 49.8 Å². The van der Waals surface area contributed by atoms with E-state index in [1.54, 1.807) is 13.3 Å². The Labute approximate surface area is 131 Å². The molecule has 1 aromatic carbocycles. The lowest BCUT2D eigenvalue weighted by atomic mass is 10.2. The van der Waals surface area contributed by atoms with E-state index in [2.05, 4.69) is 27.4 Å². The van der Waals surface area contributed by atoms with E-state index < -0.39 is 0 Å². The molecule has 2 rings (SSSR count). The van der Waals surface area contributed by atoms with E-state index in [1.807, 2.05) is 49.3 Å². The van der Waals surface area contributed by atoms with Gasteiger partial charge in [-0.2, -0.15) is 0 Å². The predicted molar refractivity (Wildman–Crippen MR) is 88.9 cm³/mol. The number of aliphatic imine (C=N–C) groups is 1. The smallest absolute Gasteiger partial charge is 0.213 e. The summed E-state index contributed by atoms with van der Waals surface area (Å²) in [6, 6.07) is 14.1. The molecule has 0 radical (unpaired) electrons. The van der Waals surface area contributed by atoms with Crippen molar-refractivity contribution in [1.29, 1.82) is 0 Å². The SMILES string of the molecule is COc1cc(CN=C(NCc2ccccc2)N(C)C)ccn1. The van der Waals surface area contributed by atoms with E-state index in [1.165, 1.54) is 5.56 Å². The second kappa shape index (κ2) is 8.02. The minimum Gasteiger partial charge on any atom is -0.481 e. The molecular weight excluding hydrogens is 276 g/mol. The van der Waals surface area contributed by atoms with Crippen LogP contribution >= 0.6 is 0 Å². The summed E-state index contributed by atoms with van der Waals surface area (Å²) in [6.07, 6.45) is 1.73. The van der Waals surface area contributed by atoms with Gasteiger partial charge in [-0.05, 0) is 17.2 Å². The van der Waals surface area contributed by atoms with Crippen molar-refractivity contribution in [1.82, 2.24) is 15.2 Å². The third-order valence-electron chi connectivity index (χ3n) is 3.14. The summed E-state index contributed by atoms with van der Waals surface area (Å²) < 4.78 is 5.13. The molecule has 0 saturated carbocycles. The van der Waals surface area contributed by atoms with E-state index in [-0.39, 0.29) is 0 Å². The zero-order chi connectivity index (χ0) is 15.8. The summed E-state index contributed by atoms with van der Waals surface area (Å²) in [7, 11) is 5.57. The maximum atomic E-state index is 5.13. The van der Waals surface area contributed by atoms with Crippen LogP contribution in [0.15, 0.2) is 53.7 Å². The highest BCUT2D eigenvalue weighted by atomic mass is 16.5. The summed E-state index contributed by atoms with van der Waals surface area (Å²) in [4.78, 5) is 10.7. The minimum absolute atomic E-state index is 0.578. The highest BCUT2D eigenvalue weighted by Crippen LogP contribution is 2.09. The number of ether oxygens (including phenoxy) is 1. The molecule has 0 unspecified atom stereocenters. The molecule has 1 heterocycles. The maximum absolute atomic E-state index is 5.13. The summed E-state index contributed by atoms with van der Waals surface area (Å²) in [5.41, 5.74) is 2.29. The highest BCUT2D eigenvalue weighted by molar-refractivity contribution is 5.79. The highest BCUT2D eigenvalue weighted by Gasteiger charge is 2.02. The molecule has 22 heavy (non-hydrogen) atoms. The molecule has 0 bridgehead atoms. The fourth-order valence-electron chi connectivity index (χ4n) is 1.96. The van der Waals surface area contributed by atoms with Crippen LogP contribution in [0.3, 0.4) is 0 Å². The summed E-state index contributed by atoms with van der Waals surface area (Å²) in [5.74, 6) is 1.45. The lowest BCUT2D eigenvalue weighted by Gasteiger charge is -2.17. The van der Waals surface area contributed by atoms with E-state index in [0.717, 1.165) is 18.1 Å². The van der Waals surface area contributed by atoms with Crippen LogP contribution in [0.25, 0.3) is 0 Å². The van der Waals surface area contributed by atoms with E-state index in [0.29, 0.717) is 12.4 Å². The molecule has 0 aliphatic carbocycles. The molecule has 116 valence electrons. The van der Waals surface area contributed by atoms with Crippen molar-refractivity contribution >= 4 is 5.96 Å². The van der Waals surface area contributed by atoms with Crippen LogP contribution in [0.2, 0.25) is 0 Å². The molecular formula is C17H22N4O. The lowest BCUT2D eigenvalue weighted by molar-refractivity contribution is 0.397. The summed E-state index contributed by atoms with van der Waals surface area (Å²) in [5, 5.41) is 3.36. The van der Waals surface area contributed by atoms with Crippen molar-refractivity contribution in [2.75, 3.05) is 21.2 Å². The number of nitrogens with zero attached hydrogens (tertiary/aromatic N) is 3. The Balaban J connectivity index is 2.00. The molecule has 0 aliphatic heterocycles. The van der Waals surface area contributed by atoms with Crippen LogP contribution in [0, 0.1) is 0 Å². The average Bonchev–Trinajstić information content (AvgIpc) is 2.55. The number of hydrogen-bond donors (Lipinski definition) is 1. The Morgan fingerprint density at radius 2 is 1.95 bits per heavy atom. The zero-order valence-electron chi connectivity index (χ0n) is 13.3. The number of hydrogen-bond acceptors (Lipinski definition) is 3. The van der Waals surface area contributed by atoms with E-state index in [9.17, 15) is 0 Å². The quantitative estimate of drug-likeness (QED) is 0.680. The van der Waals surface area contributed by atoms with Crippen LogP contribution in [0.1, 0.15) is 11.1 Å². The van der Waals surface area contributed by atoms with Gasteiger partial charge in [0.25, 0.3) is 0 Å². The lowest BCUT2D eigenvalue weighted by Crippen LogP contribution is -2.36. The number of methoxy groups -OCH3 is 1. The van der Waals surface area contributed by atoms with Gasteiger partial charge < -0.3 is 15.0 Å². The molecule has 5 nitrogen and oxygen atoms in total. The van der Waals surface area contributed by atoms with Gasteiger partial charge in [0, 0.05) is 32.9 Å². The van der Waals surface area contributed by atoms with Gasteiger partial charge in [-0.15, -0.1) is 0 Å². The van der Waals surface area contributed by atoms with Crippen LogP contribution in [-0.2, 0) is 13.1 Å². The van der Waals surface area contributed by atoms with Gasteiger partial charge in [-0.25, -0.2) is 9.98 Å². The predicted octanol–water partition coefficient (Wildman–Crippen LogP) is 2.30. The number of aromatic nitrogens is 1. The Hall–Kier alpha value is -2.56. The third-order valence-corrected chi connectivity index (χ3v) is 3.14. The number of rotatable bonds is 5. The van der Waals surface area contributed by atoms with E-state index in [4.69, 9.17) is 4.74 Å². The van der Waals surface area contributed by atoms with Gasteiger partial charge in [0.15, 0.2) is 5.96 Å². The fraction of sp³-hybridized carbons (Fsp3) is 0.294. The molecule has 1 N–H and O–H groups in total. The summed E-state index contributed by atoms with van der Waals surface area (Å²) >= 11 is 0. The molecule has 0 atom stereocenters. The first-order valence-corrected chi connectivity index (χ1v) is 7.17. The van der Waals surface area contributed by atoms with Crippen molar-refractivity contribution in [2.45, 2.75) is 13.1 Å². The van der Waals surface area contributed by atoms with Crippen LogP contribution in [-0.4, -0.2) is 37.0 Å². The standard InChI is InChI=1S/C17H22N4O/c1-21(2)17(19-12-14-7-5-4-6-8-14)20-13-15-9-10-18-16(11-15)22-3/h4-11H,12-13H2,1-3H3,(H,19,20). The molecule has 1 aromatic heterocycles. The molecule has 0 fully saturated rings. The maximum Gasteiger partial charge on any atom is 0.213 e. The second-order valence-corrected chi connectivity index (χ2v) is 5.08. The van der Waals surface area contributed by atoms with E-state index >= 15 is 0 Å². The Morgan fingerprint density at radius 3 is 2.64 bits per heavy atom. The monoisotopic (exact) mass is 298 g/mol. The molecule has 5 heteroatoms.